The van der Waals surface area contributed by atoms with E-state index < -0.39 is 0 Å². The van der Waals surface area contributed by atoms with Gasteiger partial charge in [-0.1, -0.05) is 61.9 Å². The summed E-state index contributed by atoms with van der Waals surface area (Å²) in [5.41, 5.74) is 5.09. The van der Waals surface area contributed by atoms with Gasteiger partial charge in [-0.2, -0.15) is 0 Å². The zero-order valence-electron chi connectivity index (χ0n) is 13.0. The SMILES string of the molecule is CCCc1c(O)nn(-c2ccccc2C)c1-c1ccccc1. The molecule has 0 bridgehead atoms. The lowest BCUT2D eigenvalue weighted by atomic mass is 10.0. The topological polar surface area (TPSA) is 38.1 Å². The van der Waals surface area contributed by atoms with Crippen LogP contribution in [0.2, 0.25) is 0 Å². The van der Waals surface area contributed by atoms with E-state index in [1.54, 1.807) is 0 Å². The standard InChI is InChI=1S/C19H20N2O/c1-3-9-16-18(15-11-5-4-6-12-15)21(20-19(16)22)17-13-8-7-10-14(17)2/h4-8,10-13H,3,9H2,1-2H3,(H,20,22). The summed E-state index contributed by atoms with van der Waals surface area (Å²) in [6.45, 7) is 4.17. The molecule has 0 aliphatic heterocycles. The molecule has 0 fully saturated rings. The first-order valence-corrected chi connectivity index (χ1v) is 7.64. The molecule has 0 saturated carbocycles. The Morgan fingerprint density at radius 3 is 2.36 bits per heavy atom. The van der Waals surface area contributed by atoms with Crippen LogP contribution in [0.15, 0.2) is 54.6 Å². The van der Waals surface area contributed by atoms with Crippen LogP contribution in [0.25, 0.3) is 16.9 Å². The highest BCUT2D eigenvalue weighted by atomic mass is 16.3. The Kier molecular flexibility index (Phi) is 3.96. The van der Waals surface area contributed by atoms with Crippen LogP contribution in [0.1, 0.15) is 24.5 Å². The molecule has 0 atom stereocenters. The molecule has 0 unspecified atom stereocenters. The molecule has 112 valence electrons. The maximum atomic E-state index is 10.3. The summed E-state index contributed by atoms with van der Waals surface area (Å²) in [6.07, 6.45) is 1.77. The third-order valence-electron chi connectivity index (χ3n) is 3.85. The van der Waals surface area contributed by atoms with E-state index in [0.717, 1.165) is 40.9 Å². The van der Waals surface area contributed by atoms with Gasteiger partial charge in [0.05, 0.1) is 11.4 Å². The number of aromatic nitrogens is 2. The van der Waals surface area contributed by atoms with Gasteiger partial charge in [-0.05, 0) is 25.0 Å². The van der Waals surface area contributed by atoms with Gasteiger partial charge in [-0.15, -0.1) is 5.10 Å². The first-order chi connectivity index (χ1) is 10.7. The van der Waals surface area contributed by atoms with Crippen molar-refractivity contribution in [2.75, 3.05) is 0 Å². The maximum absolute atomic E-state index is 10.3. The summed E-state index contributed by atoms with van der Waals surface area (Å²) < 4.78 is 1.87. The average Bonchev–Trinajstić information content (AvgIpc) is 2.86. The minimum absolute atomic E-state index is 0.129. The van der Waals surface area contributed by atoms with E-state index in [4.69, 9.17) is 0 Å². The van der Waals surface area contributed by atoms with Crippen LogP contribution in [0.5, 0.6) is 5.88 Å². The molecule has 0 aliphatic carbocycles. The first kappa shape index (κ1) is 14.4. The van der Waals surface area contributed by atoms with Crippen LogP contribution in [0, 0.1) is 6.92 Å². The Morgan fingerprint density at radius 2 is 1.68 bits per heavy atom. The Hall–Kier alpha value is -2.55. The summed E-state index contributed by atoms with van der Waals surface area (Å²) in [5.74, 6) is 0.129. The van der Waals surface area contributed by atoms with Crippen LogP contribution in [0.4, 0.5) is 0 Å². The normalized spacial score (nSPS) is 10.8. The van der Waals surface area contributed by atoms with E-state index in [1.807, 2.05) is 41.1 Å². The van der Waals surface area contributed by atoms with Crippen molar-refractivity contribution in [3.63, 3.8) is 0 Å². The molecule has 3 heteroatoms. The largest absolute Gasteiger partial charge is 0.492 e. The number of hydrogen-bond donors (Lipinski definition) is 1. The van der Waals surface area contributed by atoms with Crippen molar-refractivity contribution in [2.24, 2.45) is 0 Å². The van der Waals surface area contributed by atoms with Crippen LogP contribution in [-0.4, -0.2) is 14.9 Å². The molecule has 0 radical (unpaired) electrons. The lowest BCUT2D eigenvalue weighted by Crippen LogP contribution is -2.02. The van der Waals surface area contributed by atoms with Crippen molar-refractivity contribution in [3.8, 4) is 22.8 Å². The number of aromatic hydroxyl groups is 1. The highest BCUT2D eigenvalue weighted by Crippen LogP contribution is 2.33. The molecule has 0 amide bonds. The van der Waals surface area contributed by atoms with Gasteiger partial charge < -0.3 is 5.11 Å². The van der Waals surface area contributed by atoms with Crippen LogP contribution >= 0.6 is 0 Å². The quantitative estimate of drug-likeness (QED) is 0.768. The van der Waals surface area contributed by atoms with Crippen molar-refractivity contribution >= 4 is 0 Å². The van der Waals surface area contributed by atoms with Gasteiger partial charge in [0, 0.05) is 11.1 Å². The molecule has 2 aromatic carbocycles. The summed E-state index contributed by atoms with van der Waals surface area (Å²) in [4.78, 5) is 0. The van der Waals surface area contributed by atoms with Crippen molar-refractivity contribution in [3.05, 3.63) is 65.7 Å². The van der Waals surface area contributed by atoms with E-state index in [9.17, 15) is 5.11 Å². The number of para-hydroxylation sites is 1. The predicted octanol–water partition coefficient (Wildman–Crippen LogP) is 4.51. The Labute approximate surface area is 130 Å². The van der Waals surface area contributed by atoms with E-state index in [2.05, 4.69) is 37.1 Å². The molecule has 0 spiro atoms. The minimum atomic E-state index is 0.129. The van der Waals surface area contributed by atoms with Gasteiger partial charge in [-0.3, -0.25) is 0 Å². The van der Waals surface area contributed by atoms with E-state index in [-0.39, 0.29) is 5.88 Å². The summed E-state index contributed by atoms with van der Waals surface area (Å²) in [7, 11) is 0. The highest BCUT2D eigenvalue weighted by molar-refractivity contribution is 5.68. The molecule has 3 rings (SSSR count). The third-order valence-corrected chi connectivity index (χ3v) is 3.85. The maximum Gasteiger partial charge on any atom is 0.234 e. The van der Waals surface area contributed by atoms with Gasteiger partial charge in [0.25, 0.3) is 0 Å². The Balaban J connectivity index is 2.27. The second-order valence-corrected chi connectivity index (χ2v) is 5.47. The second-order valence-electron chi connectivity index (χ2n) is 5.47. The molecule has 22 heavy (non-hydrogen) atoms. The predicted molar refractivity (Wildman–Crippen MR) is 89.4 cm³/mol. The zero-order valence-corrected chi connectivity index (χ0v) is 13.0. The van der Waals surface area contributed by atoms with Gasteiger partial charge in [0.1, 0.15) is 0 Å². The summed E-state index contributed by atoms with van der Waals surface area (Å²) in [5, 5.41) is 14.7. The van der Waals surface area contributed by atoms with Crippen LogP contribution in [0.3, 0.4) is 0 Å². The summed E-state index contributed by atoms with van der Waals surface area (Å²) in [6, 6.07) is 18.2. The van der Waals surface area contributed by atoms with Gasteiger partial charge in [0.2, 0.25) is 5.88 Å². The van der Waals surface area contributed by atoms with Gasteiger partial charge >= 0.3 is 0 Å². The van der Waals surface area contributed by atoms with Crippen molar-refractivity contribution in [1.29, 1.82) is 0 Å². The molecule has 3 aromatic rings. The molecule has 0 saturated heterocycles. The van der Waals surface area contributed by atoms with Crippen molar-refractivity contribution in [2.45, 2.75) is 26.7 Å². The number of nitrogens with zero attached hydrogens (tertiary/aromatic N) is 2. The zero-order chi connectivity index (χ0) is 15.5. The van der Waals surface area contributed by atoms with E-state index >= 15 is 0 Å². The lowest BCUT2D eigenvalue weighted by Gasteiger charge is -2.11. The fourth-order valence-electron chi connectivity index (χ4n) is 2.79. The summed E-state index contributed by atoms with van der Waals surface area (Å²) >= 11 is 0. The van der Waals surface area contributed by atoms with Gasteiger partial charge in [0.15, 0.2) is 0 Å². The van der Waals surface area contributed by atoms with E-state index in [0.29, 0.717) is 0 Å². The second kappa shape index (κ2) is 6.06. The highest BCUT2D eigenvalue weighted by Gasteiger charge is 2.19. The smallest absolute Gasteiger partial charge is 0.234 e. The molecule has 1 aromatic heterocycles. The Morgan fingerprint density at radius 1 is 1.00 bits per heavy atom. The lowest BCUT2D eigenvalue weighted by molar-refractivity contribution is 0.442. The Bertz CT molecular complexity index is 775. The molecular formula is C19H20N2O. The average molecular weight is 292 g/mol. The third kappa shape index (κ3) is 2.50. The van der Waals surface area contributed by atoms with Crippen molar-refractivity contribution in [1.82, 2.24) is 9.78 Å². The number of hydrogen-bond acceptors (Lipinski definition) is 2. The molecular weight excluding hydrogens is 272 g/mol. The van der Waals surface area contributed by atoms with Crippen LogP contribution in [-0.2, 0) is 6.42 Å². The van der Waals surface area contributed by atoms with E-state index in [1.165, 1.54) is 0 Å². The molecule has 3 nitrogen and oxygen atoms in total. The van der Waals surface area contributed by atoms with Crippen molar-refractivity contribution < 1.29 is 5.11 Å². The molecule has 1 N–H and O–H groups in total. The number of aryl methyl sites for hydroxylation is 1. The number of benzene rings is 2. The molecule has 1 heterocycles. The first-order valence-electron chi connectivity index (χ1n) is 7.64. The fourth-order valence-corrected chi connectivity index (χ4v) is 2.79. The molecule has 0 aliphatic rings. The minimum Gasteiger partial charge on any atom is -0.492 e. The van der Waals surface area contributed by atoms with Crippen LogP contribution < -0.4 is 0 Å². The number of rotatable bonds is 4. The fraction of sp³-hybridized carbons (Fsp3) is 0.211. The van der Waals surface area contributed by atoms with Gasteiger partial charge in [-0.25, -0.2) is 4.68 Å². The monoisotopic (exact) mass is 292 g/mol.